The van der Waals surface area contributed by atoms with E-state index in [1.165, 1.54) is 38.5 Å². The summed E-state index contributed by atoms with van der Waals surface area (Å²) >= 11 is -0.839. The van der Waals surface area contributed by atoms with Crippen molar-refractivity contribution in [1.29, 1.82) is 0 Å². The van der Waals surface area contributed by atoms with E-state index in [1.807, 2.05) is 0 Å². The molecule has 0 bridgehead atoms. The monoisotopic (exact) mass is 363 g/mol. The molecule has 0 aromatic rings. The summed E-state index contributed by atoms with van der Waals surface area (Å²) in [4.78, 5) is 9.25. The Morgan fingerprint density at radius 3 is 1.44 bits per heavy atom. The fourth-order valence-electron chi connectivity index (χ4n) is 1.66. The SMILES string of the molecule is C=CC(=O)O.CCC[CH2][Sn+]([CH2]CCC)[CH2]CCC. The van der Waals surface area contributed by atoms with Gasteiger partial charge in [-0.05, 0) is 0 Å². The molecule has 0 aliphatic heterocycles. The van der Waals surface area contributed by atoms with Gasteiger partial charge in [0.2, 0.25) is 0 Å². The molecule has 0 atom stereocenters. The van der Waals surface area contributed by atoms with Gasteiger partial charge in [-0.2, -0.15) is 0 Å². The van der Waals surface area contributed by atoms with Crippen molar-refractivity contribution < 1.29 is 9.90 Å². The van der Waals surface area contributed by atoms with E-state index < -0.39 is 25.7 Å². The minimum atomic E-state index is -0.981. The average molecular weight is 362 g/mol. The zero-order valence-electron chi connectivity index (χ0n) is 12.5. The van der Waals surface area contributed by atoms with Gasteiger partial charge in [-0.15, -0.1) is 0 Å². The number of carboxylic acids is 1. The van der Waals surface area contributed by atoms with Crippen LogP contribution < -0.4 is 0 Å². The van der Waals surface area contributed by atoms with Crippen LogP contribution in [0.4, 0.5) is 0 Å². The normalized spacial score (nSPS) is 9.28. The molecule has 2 nitrogen and oxygen atoms in total. The van der Waals surface area contributed by atoms with Gasteiger partial charge < -0.3 is 5.11 Å². The zero-order chi connectivity index (χ0) is 14.2. The van der Waals surface area contributed by atoms with Gasteiger partial charge >= 0.3 is 98.3 Å². The fraction of sp³-hybridized carbons (Fsp3) is 0.800. The summed E-state index contributed by atoms with van der Waals surface area (Å²) in [6, 6.07) is 0. The van der Waals surface area contributed by atoms with E-state index in [9.17, 15) is 4.79 Å². The molecule has 0 aliphatic carbocycles. The van der Waals surface area contributed by atoms with Crippen LogP contribution in [0.5, 0.6) is 0 Å². The van der Waals surface area contributed by atoms with Crippen LogP contribution in [0.15, 0.2) is 12.7 Å². The van der Waals surface area contributed by atoms with Crippen molar-refractivity contribution in [2.24, 2.45) is 0 Å². The second-order valence-corrected chi connectivity index (χ2v) is 13.2. The summed E-state index contributed by atoms with van der Waals surface area (Å²) in [6.45, 7) is 9.96. The molecule has 0 amide bonds. The molecule has 0 rings (SSSR count). The van der Waals surface area contributed by atoms with E-state index in [1.54, 1.807) is 13.3 Å². The Labute approximate surface area is 121 Å². The van der Waals surface area contributed by atoms with Crippen LogP contribution >= 0.6 is 0 Å². The van der Waals surface area contributed by atoms with E-state index >= 15 is 0 Å². The number of unbranched alkanes of at least 4 members (excludes halogenated alkanes) is 3. The molecule has 0 saturated heterocycles. The van der Waals surface area contributed by atoms with Crippen molar-refractivity contribution in [2.75, 3.05) is 0 Å². The van der Waals surface area contributed by atoms with Gasteiger partial charge in [-0.25, -0.2) is 4.79 Å². The maximum absolute atomic E-state index is 9.25. The Morgan fingerprint density at radius 2 is 1.28 bits per heavy atom. The molecule has 0 fully saturated rings. The first-order valence-electron chi connectivity index (χ1n) is 7.31. The Hall–Kier alpha value is 0.00870. The van der Waals surface area contributed by atoms with Crippen LogP contribution in [-0.4, -0.2) is 30.8 Å². The van der Waals surface area contributed by atoms with Crippen molar-refractivity contribution >= 4 is 25.7 Å². The molecule has 0 aromatic heterocycles. The maximum atomic E-state index is 9.25. The average Bonchev–Trinajstić information content (AvgIpc) is 2.38. The molecule has 106 valence electrons. The molecule has 0 unspecified atom stereocenters. The Kier molecular flexibility index (Phi) is 19.2. The number of carbonyl (C=O) groups is 1. The van der Waals surface area contributed by atoms with Gasteiger partial charge in [0.1, 0.15) is 0 Å². The second-order valence-electron chi connectivity index (χ2n) is 4.60. The van der Waals surface area contributed by atoms with Gasteiger partial charge in [0.15, 0.2) is 0 Å². The molecular weight excluding hydrogens is 331 g/mol. The number of carboxylic acid groups (broad SMARTS) is 1. The van der Waals surface area contributed by atoms with Crippen molar-refractivity contribution in [1.82, 2.24) is 0 Å². The molecular formula is C15H31O2Sn+. The molecule has 18 heavy (non-hydrogen) atoms. The first-order valence-corrected chi connectivity index (χ1v) is 13.4. The summed E-state index contributed by atoms with van der Waals surface area (Å²) in [5.74, 6) is -0.981. The molecule has 0 radical (unpaired) electrons. The minimum absolute atomic E-state index is 0.833. The molecule has 3 heteroatoms. The Morgan fingerprint density at radius 1 is 1.00 bits per heavy atom. The predicted molar refractivity (Wildman–Crippen MR) is 82.7 cm³/mol. The molecule has 0 spiro atoms. The van der Waals surface area contributed by atoms with Gasteiger partial charge in [0.25, 0.3) is 0 Å². The third kappa shape index (κ3) is 18.4. The third-order valence-electron chi connectivity index (χ3n) is 2.83. The molecule has 0 aliphatic rings. The summed E-state index contributed by atoms with van der Waals surface area (Å²) in [5.41, 5.74) is 0. The van der Waals surface area contributed by atoms with Crippen LogP contribution in [-0.2, 0) is 4.79 Å². The van der Waals surface area contributed by atoms with Crippen LogP contribution in [0, 0.1) is 0 Å². The molecule has 1 N–H and O–H groups in total. The molecule has 0 heterocycles. The van der Waals surface area contributed by atoms with Crippen molar-refractivity contribution in [2.45, 2.75) is 72.6 Å². The first-order chi connectivity index (χ1) is 8.62. The summed E-state index contributed by atoms with van der Waals surface area (Å²) in [6.07, 6.45) is 9.68. The number of hydrogen-bond donors (Lipinski definition) is 1. The van der Waals surface area contributed by atoms with E-state index in [0.29, 0.717) is 0 Å². The van der Waals surface area contributed by atoms with Crippen LogP contribution in [0.2, 0.25) is 13.3 Å². The van der Waals surface area contributed by atoms with Crippen molar-refractivity contribution in [3.05, 3.63) is 12.7 Å². The van der Waals surface area contributed by atoms with Crippen molar-refractivity contribution in [3.8, 4) is 0 Å². The predicted octanol–water partition coefficient (Wildman–Crippen LogP) is 5.14. The van der Waals surface area contributed by atoms with Crippen LogP contribution in [0.1, 0.15) is 59.3 Å². The van der Waals surface area contributed by atoms with Gasteiger partial charge in [-0.3, -0.25) is 0 Å². The quantitative estimate of drug-likeness (QED) is 0.432. The van der Waals surface area contributed by atoms with E-state index in [0.717, 1.165) is 6.08 Å². The number of hydrogen-bond acceptors (Lipinski definition) is 1. The van der Waals surface area contributed by atoms with Gasteiger partial charge in [0.05, 0.1) is 0 Å². The third-order valence-corrected chi connectivity index (χ3v) is 11.9. The fourth-order valence-corrected chi connectivity index (χ4v) is 11.1. The van der Waals surface area contributed by atoms with Crippen molar-refractivity contribution in [3.63, 3.8) is 0 Å². The van der Waals surface area contributed by atoms with Gasteiger partial charge in [-0.1, -0.05) is 6.58 Å². The van der Waals surface area contributed by atoms with Gasteiger partial charge in [0, 0.05) is 6.08 Å². The van der Waals surface area contributed by atoms with E-state index in [-0.39, 0.29) is 0 Å². The molecule has 0 aromatic carbocycles. The Bertz CT molecular complexity index is 174. The summed E-state index contributed by atoms with van der Waals surface area (Å²) < 4.78 is 5.04. The van der Waals surface area contributed by atoms with E-state index in [2.05, 4.69) is 27.4 Å². The van der Waals surface area contributed by atoms with Crippen LogP contribution in [0.3, 0.4) is 0 Å². The Balaban J connectivity index is 0. The zero-order valence-corrected chi connectivity index (χ0v) is 15.4. The topological polar surface area (TPSA) is 37.3 Å². The summed E-state index contributed by atoms with van der Waals surface area (Å²) in [5, 5.41) is 7.60. The van der Waals surface area contributed by atoms with Crippen LogP contribution in [0.25, 0.3) is 0 Å². The number of aliphatic carboxylic acids is 1. The summed E-state index contributed by atoms with van der Waals surface area (Å²) in [7, 11) is 0. The van der Waals surface area contributed by atoms with E-state index in [4.69, 9.17) is 5.11 Å². The molecule has 0 saturated carbocycles. The standard InChI is InChI=1S/3C4H9.C3H4O2.Sn/c3*1-3-4-2;1-2-3(4)5;/h3*1,3-4H2,2H3;2H,1H2,(H,4,5);/q;;;;+1. The number of rotatable bonds is 10. The second kappa shape index (κ2) is 17.0. The first kappa shape index (κ1) is 20.3.